The maximum Gasteiger partial charge on any atom is 0.534 e. The summed E-state index contributed by atoms with van der Waals surface area (Å²) in [5, 5.41) is 30.4. The van der Waals surface area contributed by atoms with Crippen LogP contribution in [0.15, 0.2) is 98.1 Å². The van der Waals surface area contributed by atoms with Gasteiger partial charge in [0.15, 0.2) is 0 Å². The van der Waals surface area contributed by atoms with Crippen LogP contribution in [0.2, 0.25) is 10.0 Å². The molecule has 4 aromatic heterocycles. The second kappa shape index (κ2) is 27.6. The van der Waals surface area contributed by atoms with E-state index < -0.39 is 69.8 Å². The zero-order valence-electron chi connectivity index (χ0n) is 56.8. The van der Waals surface area contributed by atoms with Gasteiger partial charge >= 0.3 is 24.4 Å². The first-order valence-electron chi connectivity index (χ1n) is 33.1. The smallest absolute Gasteiger partial charge is 0.444 e. The summed E-state index contributed by atoms with van der Waals surface area (Å²) in [6.07, 6.45) is 17.6. The van der Waals surface area contributed by atoms with Gasteiger partial charge in [-0.2, -0.15) is 0 Å². The zero-order valence-corrected chi connectivity index (χ0v) is 58.4. The van der Waals surface area contributed by atoms with Crippen LogP contribution in [0.25, 0.3) is 23.3 Å². The molecule has 5 amide bonds. The van der Waals surface area contributed by atoms with E-state index in [2.05, 4.69) is 20.1 Å². The van der Waals surface area contributed by atoms with Gasteiger partial charge in [-0.1, -0.05) is 52.5 Å². The fraction of sp³-hybridized carbons (Fsp3) is 0.472. The van der Waals surface area contributed by atoms with Crippen LogP contribution >= 0.6 is 23.2 Å². The zero-order chi connectivity index (χ0) is 70.4. The first-order chi connectivity index (χ1) is 46.3. The van der Waals surface area contributed by atoms with Crippen LogP contribution in [0.3, 0.4) is 0 Å². The van der Waals surface area contributed by atoms with Gasteiger partial charge in [0.05, 0.1) is 59.9 Å². The van der Waals surface area contributed by atoms with Crippen molar-refractivity contribution in [3.8, 4) is 0 Å². The average Bonchev–Trinajstić information content (AvgIpc) is 1.48. The molecule has 2 saturated carbocycles. The minimum absolute atomic E-state index is 0.0867. The van der Waals surface area contributed by atoms with Gasteiger partial charge in [-0.15, -0.1) is 0 Å². The number of nitrogens with one attached hydrogen (secondary N) is 1. The highest BCUT2D eigenvalue weighted by Gasteiger charge is 2.51. The first kappa shape index (κ1) is 70.6. The standard InChI is InChI=1S/C34H40ClN5O5.C29H34ClN5O3.C9H11NO5/c1-32(2,3)45-31(42)40-15-10-22(11-16-40)34(43)26-9-8-23(35)18-24(26)25(17-21-7-6-14-37-29(21)34)28(27-19-36-20-39(27)5)38-30(41)44-33(4)12-13-33;1-28(2,3)38-27(36)35-12-9-19(10-13-35)29(37)23-8-7-20(30)15-21(23)22(14-18-6-5-11-33-26(18)29)25(31)24-16-32-17-34(24)4;1-9(4-5-9)14-8(13)15-10-6(11)2-3-7(10)12/h6-9,14,17-20,22,28,43H,10-13,15-16H2,1-5H3,(H,38,41);5-8,11,14-17,19,25,37H,9-10,12-13,31H2,1-4H3;2-5H2,1H3. The van der Waals surface area contributed by atoms with Crippen LogP contribution in [0.1, 0.15) is 188 Å². The number of amides is 5. The maximum atomic E-state index is 13.3. The number of hydrogen-bond acceptors (Lipinski definition) is 18. The van der Waals surface area contributed by atoms with Gasteiger partial charge in [0.25, 0.3) is 11.8 Å². The van der Waals surface area contributed by atoms with E-state index in [4.69, 9.17) is 57.9 Å². The third-order valence-corrected chi connectivity index (χ3v) is 19.4. The summed E-state index contributed by atoms with van der Waals surface area (Å²) >= 11 is 13.2. The minimum Gasteiger partial charge on any atom is -0.444 e. The number of nitrogens with two attached hydrogens (primary N) is 1. The van der Waals surface area contributed by atoms with Crippen molar-refractivity contribution in [2.24, 2.45) is 31.7 Å². The molecule has 5 N–H and O–H groups in total. The van der Waals surface area contributed by atoms with Gasteiger partial charge in [-0.25, -0.2) is 29.1 Å². The van der Waals surface area contributed by atoms with Crippen LogP contribution < -0.4 is 11.1 Å². The van der Waals surface area contributed by atoms with Gasteiger partial charge in [-0.3, -0.25) is 24.4 Å². The van der Waals surface area contributed by atoms with E-state index in [1.54, 1.807) is 66.3 Å². The number of alkyl carbamates (subject to hydrolysis) is 1. The van der Waals surface area contributed by atoms with Gasteiger partial charge in [0.2, 0.25) is 0 Å². The molecule has 5 fully saturated rings. The van der Waals surface area contributed by atoms with E-state index in [-0.39, 0.29) is 36.9 Å². The Bertz CT molecular complexity index is 4100. The molecule has 6 aromatic rings. The molecular formula is C72H85Cl2N11O13. The van der Waals surface area contributed by atoms with E-state index in [0.717, 1.165) is 53.8 Å². The molecule has 3 aliphatic heterocycles. The summed E-state index contributed by atoms with van der Waals surface area (Å²) in [6, 6.07) is 17.3. The van der Waals surface area contributed by atoms with Crippen LogP contribution in [0, 0.1) is 11.8 Å². The minimum atomic E-state index is -1.52. The highest BCUT2D eigenvalue weighted by Crippen LogP contribution is 2.52. The molecule has 520 valence electrons. The number of halogens is 2. The number of piperidine rings is 2. The summed E-state index contributed by atoms with van der Waals surface area (Å²) in [7, 11) is 3.77. The number of likely N-dealkylation sites (tertiary alicyclic amines) is 2. The Labute approximate surface area is 579 Å². The number of fused-ring (bicyclic) bond motifs is 4. The second-order valence-electron chi connectivity index (χ2n) is 28.7. The van der Waals surface area contributed by atoms with Gasteiger partial charge in [0, 0.05) is 87.4 Å². The Morgan fingerprint density at radius 3 is 1.49 bits per heavy atom. The van der Waals surface area contributed by atoms with Gasteiger partial charge < -0.3 is 59.1 Å². The monoisotopic (exact) mass is 1380 g/mol. The molecule has 24 nitrogen and oxygen atoms in total. The molecule has 0 spiro atoms. The summed E-state index contributed by atoms with van der Waals surface area (Å²) in [5.41, 5.74) is 10.3. The highest BCUT2D eigenvalue weighted by molar-refractivity contribution is 6.31. The third-order valence-electron chi connectivity index (χ3n) is 18.9. The van der Waals surface area contributed by atoms with Crippen molar-refractivity contribution in [2.45, 2.75) is 165 Å². The number of pyridine rings is 2. The largest absolute Gasteiger partial charge is 0.534 e. The van der Waals surface area contributed by atoms with Crippen LogP contribution in [0.4, 0.5) is 19.2 Å². The number of carbonyl (C=O) groups is 6. The maximum absolute atomic E-state index is 13.3. The van der Waals surface area contributed by atoms with Crippen LogP contribution in [0.5, 0.6) is 0 Å². The highest BCUT2D eigenvalue weighted by atomic mass is 35.5. The Morgan fingerprint density at radius 2 is 1.06 bits per heavy atom. The fourth-order valence-electron chi connectivity index (χ4n) is 13.2. The van der Waals surface area contributed by atoms with Crippen molar-refractivity contribution in [2.75, 3.05) is 26.2 Å². The van der Waals surface area contributed by atoms with Crippen molar-refractivity contribution in [3.63, 3.8) is 0 Å². The predicted octanol–water partition coefficient (Wildman–Crippen LogP) is 11.9. The average molecular weight is 1380 g/mol. The molecule has 2 aromatic carbocycles. The molecule has 4 aliphatic carbocycles. The lowest BCUT2D eigenvalue weighted by atomic mass is 9.72. The summed E-state index contributed by atoms with van der Waals surface area (Å²) in [4.78, 5) is 98.2. The van der Waals surface area contributed by atoms with Crippen molar-refractivity contribution in [3.05, 3.63) is 164 Å². The van der Waals surface area contributed by atoms with E-state index in [0.29, 0.717) is 106 Å². The number of aliphatic hydroxyl groups is 2. The normalized spacial score (nSPS) is 21.4. The predicted molar refractivity (Wildman–Crippen MR) is 364 cm³/mol. The number of carbonyl (C=O) groups excluding carboxylic acids is 6. The number of aromatic nitrogens is 6. The molecular weight excluding hydrogens is 1300 g/mol. The van der Waals surface area contributed by atoms with E-state index in [9.17, 15) is 39.0 Å². The summed E-state index contributed by atoms with van der Waals surface area (Å²) in [5.74, 6) is -1.48. The van der Waals surface area contributed by atoms with Crippen molar-refractivity contribution < 1.29 is 62.8 Å². The molecule has 4 atom stereocenters. The number of hydroxylamine groups is 2. The van der Waals surface area contributed by atoms with Crippen molar-refractivity contribution in [1.82, 2.24) is 49.2 Å². The lowest BCUT2D eigenvalue weighted by molar-refractivity contribution is -0.179. The molecule has 0 bridgehead atoms. The molecule has 98 heavy (non-hydrogen) atoms. The molecule has 3 saturated heterocycles. The molecule has 7 heterocycles. The Morgan fingerprint density at radius 1 is 0.633 bits per heavy atom. The number of rotatable bonds is 10. The Kier molecular flexibility index (Phi) is 19.9. The number of imidazole rings is 2. The topological polar surface area (TPSA) is 298 Å². The number of benzene rings is 2. The second-order valence-corrected chi connectivity index (χ2v) is 29.6. The van der Waals surface area contributed by atoms with E-state index in [1.165, 1.54) is 0 Å². The van der Waals surface area contributed by atoms with Crippen LogP contribution in [-0.2, 0) is 58.7 Å². The number of hydrogen-bond donors (Lipinski definition) is 4. The molecule has 4 unspecified atom stereocenters. The quantitative estimate of drug-likeness (QED) is 0.0563. The summed E-state index contributed by atoms with van der Waals surface area (Å²) < 4.78 is 25.6. The number of nitrogens with zero attached hydrogens (tertiary/aromatic N) is 9. The van der Waals surface area contributed by atoms with Crippen molar-refractivity contribution >= 4 is 82.7 Å². The molecule has 13 rings (SSSR count). The fourth-order valence-corrected chi connectivity index (χ4v) is 13.6. The number of ether oxygens (including phenoxy) is 4. The van der Waals surface area contributed by atoms with Crippen LogP contribution in [-0.4, -0.2) is 139 Å². The SMILES string of the molecule is CC1(OC(=O)ON2C(=O)CCC2=O)CC1.Cn1cncc1C(N)C1=Cc2cccnc2C(O)(C2CCN(C(=O)OC(C)(C)C)CC2)c2ccc(Cl)cc21.Cn1cncc1C(NC(=O)OC1(C)CC1)C1=Cc2cccnc2C(O)(C2CCN(C(=O)OC(C)(C)C)CC2)c2ccc(Cl)cc21. The lowest BCUT2D eigenvalue weighted by Crippen LogP contribution is -2.47. The van der Waals surface area contributed by atoms with Crippen molar-refractivity contribution in [1.29, 1.82) is 0 Å². The number of imide groups is 1. The Hall–Kier alpha value is -8.68. The molecule has 7 aliphatic rings. The third kappa shape index (κ3) is 15.3. The van der Waals surface area contributed by atoms with Gasteiger partial charge in [-0.05, 0) is 200 Å². The molecule has 0 radical (unpaired) electrons. The summed E-state index contributed by atoms with van der Waals surface area (Å²) in [6.45, 7) is 16.6. The van der Waals surface area contributed by atoms with E-state index in [1.807, 2.05) is 132 Å². The van der Waals surface area contributed by atoms with E-state index >= 15 is 0 Å². The lowest BCUT2D eigenvalue weighted by Gasteiger charge is -2.42. The Balaban J connectivity index is 0.000000165. The molecule has 26 heteroatoms. The first-order valence-corrected chi connectivity index (χ1v) is 33.8. The number of aryl methyl sites for hydroxylation is 2. The van der Waals surface area contributed by atoms with Gasteiger partial charge in [0.1, 0.15) is 33.6 Å².